The number of alkyl halides is 6. The minimum absolute atomic E-state index is 0.0170. The van der Waals surface area contributed by atoms with E-state index in [1.807, 2.05) is 35.6 Å². The number of aromatic hydroxyl groups is 1. The first kappa shape index (κ1) is 108. The van der Waals surface area contributed by atoms with E-state index in [-0.39, 0.29) is 91.7 Å². The van der Waals surface area contributed by atoms with Crippen molar-refractivity contribution in [1.82, 2.24) is 21.8 Å². The highest BCUT2D eigenvalue weighted by Crippen LogP contribution is 2.46. The fourth-order valence-corrected chi connectivity index (χ4v) is 24.9. The van der Waals surface area contributed by atoms with Gasteiger partial charge >= 0.3 is 12.4 Å². The zero-order valence-corrected chi connectivity index (χ0v) is 84.3. The first-order chi connectivity index (χ1) is 67.0. The monoisotopic (exact) mass is 2230 g/mol. The van der Waals surface area contributed by atoms with E-state index in [0.29, 0.717) is 65.1 Å². The minimum Gasteiger partial charge on any atom is -0.494 e. The van der Waals surface area contributed by atoms with Crippen LogP contribution in [0, 0.1) is 19.7 Å². The van der Waals surface area contributed by atoms with Crippen LogP contribution in [-0.4, -0.2) is 135 Å². The number of pyridine rings is 1. The molecule has 9 amide bonds. The Kier molecular flexibility index (Phi) is 32.2. The van der Waals surface area contributed by atoms with Gasteiger partial charge in [-0.25, -0.2) is 55.3 Å². The Labute approximate surface area is 856 Å². The first-order valence-corrected chi connectivity index (χ1v) is 51.2. The molecule has 0 fully saturated rings. The van der Waals surface area contributed by atoms with E-state index in [9.17, 15) is 117 Å². The number of aromatic nitrogens is 1. The van der Waals surface area contributed by atoms with Crippen molar-refractivity contribution in [1.29, 1.82) is 0 Å². The van der Waals surface area contributed by atoms with Crippen LogP contribution in [0.3, 0.4) is 0 Å². The summed E-state index contributed by atoms with van der Waals surface area (Å²) < 4.78 is 197. The molecule has 0 aliphatic carbocycles. The van der Waals surface area contributed by atoms with E-state index >= 15 is 0 Å². The predicted octanol–water partition coefficient (Wildman–Crippen LogP) is 20.0. The van der Waals surface area contributed by atoms with Crippen LogP contribution in [0.25, 0.3) is 10.8 Å². The van der Waals surface area contributed by atoms with E-state index < -0.39 is 180 Å². The second kappa shape index (κ2) is 42.8. The molecular formula is C93H67Cl8F7N10O19S6. The van der Waals surface area contributed by atoms with Crippen molar-refractivity contribution < 1.29 is 113 Å². The topological polar surface area (TPSA) is 406 Å². The normalized spacial score (nSPS) is 16.7. The molecule has 0 saturated heterocycles. The quantitative estimate of drug-likeness (QED) is 0.0435. The number of amides is 9. The smallest absolute Gasteiger partial charge is 0.416 e. The lowest BCUT2D eigenvalue weighted by atomic mass is 9.96. The number of halogens is 15. The molecule has 6 N–H and O–H groups in total. The molecule has 4 unspecified atom stereocenters. The summed E-state index contributed by atoms with van der Waals surface area (Å²) in [5.41, 5.74) is -2.39. The fourth-order valence-electron chi connectivity index (χ4n) is 14.7. The lowest BCUT2D eigenvalue weighted by Crippen LogP contribution is -2.47. The lowest BCUT2D eigenvalue weighted by molar-refractivity contribution is -0.143. The Bertz CT molecular complexity index is 7730. The van der Waals surface area contributed by atoms with Crippen LogP contribution in [0.15, 0.2) is 254 Å². The molecule has 7 heterocycles. The van der Waals surface area contributed by atoms with E-state index in [4.69, 9.17) is 92.8 Å². The minimum atomic E-state index is -5.21. The summed E-state index contributed by atoms with van der Waals surface area (Å²) in [4.78, 5) is 129. The number of nitrogens with one attached hydrogen (secondary N) is 5. The van der Waals surface area contributed by atoms with Crippen LogP contribution in [-0.2, 0) is 104 Å². The van der Waals surface area contributed by atoms with Crippen molar-refractivity contribution in [2.45, 2.75) is 81.9 Å². The second-order valence-corrected chi connectivity index (χ2v) is 45.2. The molecule has 143 heavy (non-hydrogen) atoms. The number of likely N-dealkylation sites (N-methyl/N-ethyl adjacent to an activating group) is 3. The number of sulfonamides is 4. The summed E-state index contributed by atoms with van der Waals surface area (Å²) in [5, 5.41) is 26.5. The molecule has 0 bridgehead atoms. The highest BCUT2D eigenvalue weighted by atomic mass is 35.5. The summed E-state index contributed by atoms with van der Waals surface area (Å²) in [6.07, 6.45) is -10.4. The molecule has 29 nitrogen and oxygen atoms in total. The number of benzene rings is 10. The zero-order chi connectivity index (χ0) is 105. The third-order valence-electron chi connectivity index (χ3n) is 21.7. The molecule has 50 heteroatoms. The van der Waals surface area contributed by atoms with Gasteiger partial charge in [-0.2, -0.15) is 26.3 Å². The molecule has 13 aromatic rings. The highest BCUT2D eigenvalue weighted by molar-refractivity contribution is 7.92. The number of nitrogens with zero attached hydrogens (tertiary/aromatic N) is 5. The average molecular weight is 2240 g/mol. The number of rotatable bonds is 14. The Hall–Kier alpha value is -12.5. The second-order valence-electron chi connectivity index (χ2n) is 31.3. The van der Waals surface area contributed by atoms with Crippen LogP contribution < -0.4 is 32.1 Å². The number of aryl methyl sites for hydroxylation is 2. The maximum absolute atomic E-state index is 13.4. The SMILES string of the molecule is CN1C(=O)C(C(=O)Nc2ccc(Cl)cc2)c2cc(Cl)ccc2S1(=O)=O.Cc1cc2c(s1)C(C(=O)Nc1ccc(Cl)cc1)C(=O)N(C)S2(=O)=O.Cc1cc2c(s1)S(=O)(=O)N(C)C(=O)C2C(=O)Nc1ccc(Cl)cc1.O=C(Nc1cc(C(F)(F)F)cc(C(F)(F)F)c1)C1C(=O)N(Cc2ccc(F)cc2)S(=O)(=O)c2ccc(Cl)cc21.O=C(Nc1ccc(Cl)cc1Cl)c1c(O)n(Cc2ccccc2)c(=O)c2ccc(Cl)cc12. The molecule has 17 rings (SSSR count). The Morgan fingerprint density at radius 2 is 0.783 bits per heavy atom. The first-order valence-electron chi connectivity index (χ1n) is 40.8. The van der Waals surface area contributed by atoms with Crippen LogP contribution >= 0.6 is 115 Å². The molecule has 744 valence electrons. The maximum atomic E-state index is 13.4. The standard InChI is InChI=1S/C24H14ClF7N2O4S.C23H15Cl3N2O3.C16H12Cl2N2O4S.2C15H13ClN2O4S2/c25-15-3-6-19-18(10-15)20(22(36)34(39(19,37)38)11-12-1-4-16(26)5-2-12)21(35)33-17-8-13(23(27,28)29)7-14(9-17)24(30,31)32;24-14-6-8-16-17(10-14)20(21(29)27-19-9-7-15(25)11-18(19)26)23(31)28(22(16)30)12-13-4-2-1-3-5-13;1-20-16(22)14(15(21)19-11-5-2-9(17)3-6-11)12-8-10(18)4-7-13(12)25(20,23)24;1-8-7-11-13(23-8)12(15(20)18(2)24(11,21)22)14(19)17-10-5-3-9(16)4-6-10;1-8-7-11-12(13(19)17-10-5-3-9(16)4-6-10)14(20)18(2)24(21,22)15(11)23-8/h1-10,20H,11H2,(H,33,35);1-11,31H,12H2,(H,27,29);2-8,14H,1H3,(H,19,21);2*3-7,12H,1-2H3,(H,17,19). The maximum Gasteiger partial charge on any atom is 0.416 e. The number of carbonyl (C=O) groups is 9. The van der Waals surface area contributed by atoms with Crippen LogP contribution in [0.5, 0.6) is 5.88 Å². The number of fused-ring (bicyclic) bond motifs is 5. The highest BCUT2D eigenvalue weighted by Gasteiger charge is 2.51. The van der Waals surface area contributed by atoms with Gasteiger partial charge in [0.15, 0.2) is 5.92 Å². The summed E-state index contributed by atoms with van der Waals surface area (Å²) in [6.45, 7) is 2.91. The van der Waals surface area contributed by atoms with Crippen LogP contribution in [0.4, 0.5) is 59.2 Å². The number of carbonyl (C=O) groups excluding carboxylic acids is 9. The summed E-state index contributed by atoms with van der Waals surface area (Å²) in [7, 11) is -12.9. The van der Waals surface area contributed by atoms with Crippen molar-refractivity contribution in [3.8, 4) is 5.88 Å². The van der Waals surface area contributed by atoms with Crippen molar-refractivity contribution in [3.63, 3.8) is 0 Å². The molecule has 0 saturated carbocycles. The van der Waals surface area contributed by atoms with Gasteiger partial charge in [0.1, 0.15) is 38.2 Å². The predicted molar refractivity (Wildman–Crippen MR) is 526 cm³/mol. The molecule has 4 aliphatic rings. The van der Waals surface area contributed by atoms with Gasteiger partial charge in [0.05, 0.1) is 44.7 Å². The van der Waals surface area contributed by atoms with E-state index in [2.05, 4.69) is 21.3 Å². The number of thiophene rings is 2. The van der Waals surface area contributed by atoms with Crippen molar-refractivity contribution in [3.05, 3.63) is 346 Å². The van der Waals surface area contributed by atoms with E-state index in [1.165, 1.54) is 54.6 Å². The lowest BCUT2D eigenvalue weighted by Gasteiger charge is -2.33. The van der Waals surface area contributed by atoms with Crippen molar-refractivity contribution >= 4 is 248 Å². The molecule has 0 spiro atoms. The van der Waals surface area contributed by atoms with Crippen LogP contribution in [0.2, 0.25) is 40.2 Å². The Morgan fingerprint density at radius 3 is 1.27 bits per heavy atom. The van der Waals surface area contributed by atoms with Gasteiger partial charge in [0.2, 0.25) is 29.5 Å². The zero-order valence-electron chi connectivity index (χ0n) is 73.3. The summed E-state index contributed by atoms with van der Waals surface area (Å²) >= 11 is 49.7. The molecule has 4 atom stereocenters. The third kappa shape index (κ3) is 23.5. The van der Waals surface area contributed by atoms with Gasteiger partial charge in [-0.15, -0.1) is 22.7 Å². The summed E-state index contributed by atoms with van der Waals surface area (Å²) in [5.74, 6) is -14.5. The van der Waals surface area contributed by atoms with E-state index in [1.54, 1.807) is 111 Å². The largest absolute Gasteiger partial charge is 0.494 e. The molecular weight excluding hydrogens is 2170 g/mol. The number of anilines is 5. The van der Waals surface area contributed by atoms with E-state index in [0.717, 1.165) is 94.0 Å². The van der Waals surface area contributed by atoms with Crippen molar-refractivity contribution in [2.75, 3.05) is 47.7 Å². The van der Waals surface area contributed by atoms with Gasteiger partial charge < -0.3 is 31.7 Å². The summed E-state index contributed by atoms with van der Waals surface area (Å²) in [6, 6.07) is 52.5. The number of hydrogen-bond acceptors (Lipinski definition) is 21. The van der Waals surface area contributed by atoms with Crippen molar-refractivity contribution in [2.24, 2.45) is 0 Å². The average Bonchev–Trinajstić information content (AvgIpc) is 1.76. The Balaban J connectivity index is 0.000000152. The molecule has 4 aliphatic heterocycles. The Morgan fingerprint density at radius 1 is 0.385 bits per heavy atom. The van der Waals surface area contributed by atoms with Gasteiger partial charge in [-0.05, 0) is 224 Å². The molecule has 3 aromatic heterocycles. The number of hydrogen-bond donors (Lipinski definition) is 6. The van der Waals surface area contributed by atoms with Gasteiger partial charge in [-0.1, -0.05) is 135 Å². The molecule has 0 radical (unpaired) electrons. The fraction of sp³-hybridized carbons (Fsp3) is 0.140. The van der Waals surface area contributed by atoms with Gasteiger partial charge in [0.25, 0.3) is 75.2 Å². The van der Waals surface area contributed by atoms with Crippen LogP contribution in [0.1, 0.15) is 87.6 Å². The molecule has 10 aromatic carbocycles. The van der Waals surface area contributed by atoms with Gasteiger partial charge in [-0.3, -0.25) is 52.5 Å². The van der Waals surface area contributed by atoms with Gasteiger partial charge in [0, 0.05) is 110 Å². The third-order valence-corrected chi connectivity index (χ3v) is 33.8.